The molecule has 1 N–H and O–H groups in total. The number of phenolic OH excluding ortho intramolecular Hbond substituents is 1. The number of hydrogen-bond donors (Lipinski definition) is 1. The van der Waals surface area contributed by atoms with Crippen molar-refractivity contribution in [2.75, 3.05) is 0 Å². The van der Waals surface area contributed by atoms with Crippen molar-refractivity contribution in [2.45, 2.75) is 55.0 Å². The number of fused-ring (bicyclic) bond motifs is 2. The Morgan fingerprint density at radius 2 is 0.729 bits per heavy atom. The van der Waals surface area contributed by atoms with Crippen LogP contribution in [0.1, 0.15) is 70.2 Å². The molecule has 9 nitrogen and oxygen atoms in total. The molecule has 0 bridgehead atoms. The third-order valence-corrected chi connectivity index (χ3v) is 14.2. The van der Waals surface area contributed by atoms with Crippen LogP contribution in [-0.4, -0.2) is 46.9 Å². The lowest BCUT2D eigenvalue weighted by Crippen LogP contribution is -2.34. The molecule has 370 valence electrons. The van der Waals surface area contributed by atoms with E-state index in [0.29, 0.717) is 5.75 Å². The average Bonchev–Trinajstić information content (AvgIpc) is 3.62. The first kappa shape index (κ1) is 52.9. The smallest absolute Gasteiger partial charge is 0.508 e. The van der Waals surface area contributed by atoms with Gasteiger partial charge in [0.05, 0.1) is 0 Å². The monoisotopic (exact) mass is 1040 g/mol. The fourth-order valence-corrected chi connectivity index (χ4v) is 9.66. The lowest BCUT2D eigenvalue weighted by Gasteiger charge is -2.17. The summed E-state index contributed by atoms with van der Waals surface area (Å²) in [5.41, 5.74) is -3.86. The molecule has 0 amide bonds. The minimum atomic E-state index is -6.85. The SMILES string of the molecule is O=S(=O)(OS(=O)(=O)C(F)(F)F)C(F)(F)F.O=S(=O)(Oc1ccc(C2=C(c3ccccc3)CCCc3ccccc32)cc1)C(F)(F)F.Oc1ccc(C2=C(c3ccccc3)CCCc3ccccc32)cc1. The first-order chi connectivity index (χ1) is 32.8. The lowest BCUT2D eigenvalue weighted by atomic mass is 9.88. The Morgan fingerprint density at radius 3 is 1.10 bits per heavy atom. The number of hydrogen-bond acceptors (Lipinski definition) is 9. The van der Waals surface area contributed by atoms with Crippen LogP contribution in [0.2, 0.25) is 0 Å². The molecule has 6 aromatic rings. The normalized spacial score (nSPS) is 14.6. The van der Waals surface area contributed by atoms with Gasteiger partial charge < -0.3 is 9.29 Å². The van der Waals surface area contributed by atoms with E-state index < -0.39 is 46.9 Å². The Kier molecular flexibility index (Phi) is 16.1. The molecule has 8 rings (SSSR count). The highest BCUT2D eigenvalue weighted by atomic mass is 32.3. The van der Waals surface area contributed by atoms with Gasteiger partial charge >= 0.3 is 46.9 Å². The molecule has 0 atom stereocenters. The molecule has 70 heavy (non-hydrogen) atoms. The molecule has 0 spiro atoms. The molecular formula is C49H39F9O9S3. The molecular weight excluding hydrogens is 1000 g/mol. The quantitative estimate of drug-likeness (QED) is 0.0896. The highest BCUT2D eigenvalue weighted by molar-refractivity contribution is 8.00. The predicted molar refractivity (Wildman–Crippen MR) is 245 cm³/mol. The first-order valence-corrected chi connectivity index (χ1v) is 25.0. The van der Waals surface area contributed by atoms with E-state index in [1.54, 1.807) is 24.3 Å². The van der Waals surface area contributed by atoms with Gasteiger partial charge in [0.15, 0.2) is 0 Å². The zero-order valence-electron chi connectivity index (χ0n) is 36.1. The molecule has 0 fully saturated rings. The van der Waals surface area contributed by atoms with E-state index in [2.05, 4.69) is 64.8 Å². The van der Waals surface area contributed by atoms with E-state index >= 15 is 0 Å². The van der Waals surface area contributed by atoms with Gasteiger partial charge in [0.2, 0.25) is 0 Å². The van der Waals surface area contributed by atoms with Gasteiger partial charge in [0, 0.05) is 0 Å². The predicted octanol–water partition coefficient (Wildman–Crippen LogP) is 12.6. The molecule has 0 radical (unpaired) electrons. The second kappa shape index (κ2) is 21.3. The molecule has 2 aliphatic carbocycles. The Balaban J connectivity index is 0.000000184. The van der Waals surface area contributed by atoms with Gasteiger partial charge in [0.25, 0.3) is 0 Å². The second-order valence-corrected chi connectivity index (χ2v) is 20.2. The Hall–Kier alpha value is -6.42. The van der Waals surface area contributed by atoms with Crippen molar-refractivity contribution >= 4 is 52.6 Å². The number of rotatable bonds is 8. The van der Waals surface area contributed by atoms with Crippen molar-refractivity contribution in [3.8, 4) is 11.5 Å². The number of aromatic hydroxyl groups is 1. The van der Waals surface area contributed by atoms with Crippen LogP contribution in [-0.2, 0) is 46.8 Å². The molecule has 0 saturated carbocycles. The Labute approximate surface area is 397 Å². The number of benzene rings is 6. The van der Waals surface area contributed by atoms with Gasteiger partial charge in [0.1, 0.15) is 11.5 Å². The summed E-state index contributed by atoms with van der Waals surface area (Å²) in [5, 5.41) is 9.67. The summed E-state index contributed by atoms with van der Waals surface area (Å²) < 4.78 is 175. The zero-order valence-corrected chi connectivity index (χ0v) is 38.5. The van der Waals surface area contributed by atoms with Gasteiger partial charge in [-0.1, -0.05) is 133 Å². The van der Waals surface area contributed by atoms with E-state index in [0.717, 1.165) is 66.4 Å². The van der Waals surface area contributed by atoms with E-state index in [4.69, 9.17) is 0 Å². The van der Waals surface area contributed by atoms with Crippen molar-refractivity contribution in [1.29, 1.82) is 0 Å². The minimum absolute atomic E-state index is 0.308. The second-order valence-electron chi connectivity index (χ2n) is 15.4. The van der Waals surface area contributed by atoms with Crippen LogP contribution >= 0.6 is 0 Å². The maximum atomic E-state index is 12.6. The fraction of sp³-hybridized carbons (Fsp3) is 0.184. The average molecular weight is 1040 g/mol. The summed E-state index contributed by atoms with van der Waals surface area (Å²) in [5.74, 6) is -0.0765. The summed E-state index contributed by atoms with van der Waals surface area (Å²) in [7, 11) is -19.4. The fourth-order valence-electron chi connectivity index (χ4n) is 7.64. The summed E-state index contributed by atoms with van der Waals surface area (Å²) in [6, 6.07) is 50.7. The number of allylic oxidation sites excluding steroid dienone is 2. The number of aryl methyl sites for hydroxylation is 2. The number of halogens is 9. The van der Waals surface area contributed by atoms with Crippen molar-refractivity contribution in [1.82, 2.24) is 0 Å². The molecule has 0 heterocycles. The third-order valence-electron chi connectivity index (χ3n) is 10.7. The maximum Gasteiger partial charge on any atom is 0.534 e. The molecule has 0 aliphatic heterocycles. The van der Waals surface area contributed by atoms with E-state index in [1.165, 1.54) is 51.1 Å². The summed E-state index contributed by atoms with van der Waals surface area (Å²) in [4.78, 5) is 0. The van der Waals surface area contributed by atoms with Crippen molar-refractivity contribution in [3.63, 3.8) is 0 Å². The summed E-state index contributed by atoms with van der Waals surface area (Å²) in [6.07, 6.45) is 6.05. The molecule has 0 saturated heterocycles. The van der Waals surface area contributed by atoms with Crippen LogP contribution in [0.5, 0.6) is 11.5 Å². The van der Waals surface area contributed by atoms with Crippen LogP contribution in [0.3, 0.4) is 0 Å². The van der Waals surface area contributed by atoms with Crippen molar-refractivity contribution in [3.05, 3.63) is 202 Å². The Bertz CT molecular complexity index is 3150. The van der Waals surface area contributed by atoms with Crippen LogP contribution in [0.15, 0.2) is 158 Å². The van der Waals surface area contributed by atoms with Gasteiger partial charge in [-0.3, -0.25) is 0 Å². The number of phenols is 1. The van der Waals surface area contributed by atoms with Crippen molar-refractivity contribution in [2.24, 2.45) is 0 Å². The molecule has 6 aromatic carbocycles. The van der Waals surface area contributed by atoms with Crippen LogP contribution in [0, 0.1) is 0 Å². The highest BCUT2D eigenvalue weighted by Crippen LogP contribution is 2.42. The molecule has 21 heteroatoms. The third kappa shape index (κ3) is 12.7. The zero-order chi connectivity index (χ0) is 51.1. The molecule has 0 unspecified atom stereocenters. The van der Waals surface area contributed by atoms with Crippen LogP contribution in [0.4, 0.5) is 39.5 Å². The van der Waals surface area contributed by atoms with Crippen LogP contribution in [0.25, 0.3) is 22.3 Å². The van der Waals surface area contributed by atoms with Crippen LogP contribution < -0.4 is 4.18 Å². The van der Waals surface area contributed by atoms with Gasteiger partial charge in [-0.15, -0.1) is 3.63 Å². The lowest BCUT2D eigenvalue weighted by molar-refractivity contribution is -0.0586. The van der Waals surface area contributed by atoms with Gasteiger partial charge in [-0.2, -0.15) is 64.8 Å². The van der Waals surface area contributed by atoms with E-state index in [1.807, 2.05) is 64.3 Å². The van der Waals surface area contributed by atoms with E-state index in [9.17, 15) is 69.9 Å². The first-order valence-electron chi connectivity index (χ1n) is 20.8. The minimum Gasteiger partial charge on any atom is -0.508 e. The van der Waals surface area contributed by atoms with Crippen molar-refractivity contribution < 1.29 is 77.7 Å². The van der Waals surface area contributed by atoms with E-state index in [-0.39, 0.29) is 5.75 Å². The van der Waals surface area contributed by atoms with Gasteiger partial charge in [-0.25, -0.2) is 0 Å². The molecule has 0 aromatic heterocycles. The molecule has 2 aliphatic rings. The number of alkyl halides is 9. The Morgan fingerprint density at radius 1 is 0.386 bits per heavy atom. The summed E-state index contributed by atoms with van der Waals surface area (Å²) in [6.45, 7) is 0. The largest absolute Gasteiger partial charge is 0.534 e. The summed E-state index contributed by atoms with van der Waals surface area (Å²) >= 11 is 0. The standard InChI is InChI=1S/C24H19F3O3S.C23H20O.C2F6O5S2/c25-24(26,27)31(28,29)30-20-15-13-19(14-16-20)23-21-11-5-4-9-18(21)10-6-12-22(23)17-7-2-1-3-8-17;24-20-15-13-19(14-16-20)23-21-11-5-4-9-18(21)10-6-12-22(23)17-7-2-1-3-8-17;3-1(4,5)14(9,10)13-15(11,12)2(6,7)8/h1-5,7-9,11,13-16H,6,10,12H2;1-5,7-9,11,13-16,24H,6,10,12H2;. The van der Waals surface area contributed by atoms with Gasteiger partial charge in [-0.05, 0) is 130 Å². The topological polar surface area (TPSA) is 141 Å². The maximum absolute atomic E-state index is 12.6. The highest BCUT2D eigenvalue weighted by Gasteiger charge is 2.57.